The first-order valence-corrected chi connectivity index (χ1v) is 11.6. The molecule has 10 heteroatoms. The minimum atomic E-state index is -4.78. The fourth-order valence-corrected chi connectivity index (χ4v) is 3.92. The average Bonchev–Trinajstić information content (AvgIpc) is 3.36. The predicted octanol–water partition coefficient (Wildman–Crippen LogP) is 6.29. The Hall–Kier alpha value is -4.18. The quantitative estimate of drug-likeness (QED) is 0.273. The third-order valence-electron chi connectivity index (χ3n) is 5.66. The second-order valence-electron chi connectivity index (χ2n) is 8.28. The Labute approximate surface area is 211 Å². The molecule has 192 valence electrons. The van der Waals surface area contributed by atoms with Gasteiger partial charge in [0.1, 0.15) is 5.69 Å². The number of halogens is 4. The van der Waals surface area contributed by atoms with Gasteiger partial charge in [0, 0.05) is 24.8 Å². The highest BCUT2D eigenvalue weighted by Gasteiger charge is 2.36. The van der Waals surface area contributed by atoms with Crippen molar-refractivity contribution in [3.8, 4) is 5.69 Å². The Morgan fingerprint density at radius 2 is 1.76 bits per heavy atom. The fourth-order valence-electron chi connectivity index (χ4n) is 3.92. The number of benzene rings is 3. The van der Waals surface area contributed by atoms with Gasteiger partial charge in [-0.3, -0.25) is 4.79 Å². The molecule has 4 rings (SSSR count). The SMILES string of the molecule is CCCN(c1ccccc1)c1cccc(NC(=O)c2cc(C(F)(F)F)nn2-c2cccc(CN)c2)c1F. The number of alkyl halides is 3. The van der Waals surface area contributed by atoms with Crippen LogP contribution in [0.15, 0.2) is 78.9 Å². The molecule has 1 amide bonds. The van der Waals surface area contributed by atoms with E-state index < -0.39 is 29.3 Å². The van der Waals surface area contributed by atoms with Gasteiger partial charge < -0.3 is 16.0 Å². The molecule has 0 atom stereocenters. The third kappa shape index (κ3) is 5.64. The van der Waals surface area contributed by atoms with E-state index in [1.807, 2.05) is 37.3 Å². The van der Waals surface area contributed by atoms with Crippen molar-refractivity contribution in [2.24, 2.45) is 5.73 Å². The summed E-state index contributed by atoms with van der Waals surface area (Å²) < 4.78 is 57.0. The molecule has 0 spiro atoms. The average molecular weight is 512 g/mol. The van der Waals surface area contributed by atoms with Crippen LogP contribution in [0.25, 0.3) is 5.69 Å². The number of nitrogens with two attached hydrogens (primary N) is 1. The van der Waals surface area contributed by atoms with E-state index in [0.717, 1.165) is 16.8 Å². The van der Waals surface area contributed by atoms with E-state index in [1.54, 1.807) is 29.2 Å². The summed E-state index contributed by atoms with van der Waals surface area (Å²) in [6, 6.07) is 20.7. The molecule has 0 aliphatic carbocycles. The summed E-state index contributed by atoms with van der Waals surface area (Å²) in [5, 5.41) is 6.04. The molecule has 1 aromatic heterocycles. The van der Waals surface area contributed by atoms with Gasteiger partial charge in [-0.2, -0.15) is 18.3 Å². The molecule has 0 saturated heterocycles. The largest absolute Gasteiger partial charge is 0.435 e. The lowest BCUT2D eigenvalue weighted by atomic mass is 10.2. The molecule has 3 N–H and O–H groups in total. The van der Waals surface area contributed by atoms with Crippen molar-refractivity contribution >= 4 is 23.0 Å². The maximum Gasteiger partial charge on any atom is 0.435 e. The summed E-state index contributed by atoms with van der Waals surface area (Å²) in [6.45, 7) is 2.62. The molecule has 0 saturated carbocycles. The highest BCUT2D eigenvalue weighted by molar-refractivity contribution is 6.04. The molecule has 37 heavy (non-hydrogen) atoms. The number of hydrogen-bond acceptors (Lipinski definition) is 4. The third-order valence-corrected chi connectivity index (χ3v) is 5.66. The highest BCUT2D eigenvalue weighted by Crippen LogP contribution is 2.33. The molecular weight excluding hydrogens is 486 g/mol. The van der Waals surface area contributed by atoms with Crippen LogP contribution < -0.4 is 16.0 Å². The Balaban J connectivity index is 1.72. The number of aromatic nitrogens is 2. The van der Waals surface area contributed by atoms with Gasteiger partial charge in [-0.25, -0.2) is 9.07 Å². The zero-order chi connectivity index (χ0) is 26.6. The van der Waals surface area contributed by atoms with Gasteiger partial charge in [-0.1, -0.05) is 43.3 Å². The molecule has 1 heterocycles. The van der Waals surface area contributed by atoms with E-state index in [0.29, 0.717) is 18.2 Å². The van der Waals surface area contributed by atoms with E-state index in [2.05, 4.69) is 10.4 Å². The molecule has 0 unspecified atom stereocenters. The van der Waals surface area contributed by atoms with E-state index in [1.165, 1.54) is 18.2 Å². The molecule has 0 bridgehead atoms. The maximum absolute atomic E-state index is 15.7. The Morgan fingerprint density at radius 1 is 1.03 bits per heavy atom. The first-order valence-electron chi connectivity index (χ1n) is 11.6. The van der Waals surface area contributed by atoms with Gasteiger partial charge in [-0.05, 0) is 48.4 Å². The number of rotatable bonds is 8. The number of para-hydroxylation sites is 1. The number of amides is 1. The monoisotopic (exact) mass is 511 g/mol. The maximum atomic E-state index is 15.7. The second kappa shape index (κ2) is 10.8. The van der Waals surface area contributed by atoms with Crippen LogP contribution in [0.4, 0.5) is 34.6 Å². The lowest BCUT2D eigenvalue weighted by Crippen LogP contribution is -2.21. The van der Waals surface area contributed by atoms with Crippen molar-refractivity contribution in [1.29, 1.82) is 0 Å². The summed E-state index contributed by atoms with van der Waals surface area (Å²) in [6.07, 6.45) is -4.06. The van der Waals surface area contributed by atoms with Crippen molar-refractivity contribution in [3.63, 3.8) is 0 Å². The number of carbonyl (C=O) groups excluding carboxylic acids is 1. The van der Waals surface area contributed by atoms with E-state index in [-0.39, 0.29) is 23.6 Å². The van der Waals surface area contributed by atoms with Crippen LogP contribution in [-0.2, 0) is 12.7 Å². The Kier molecular flexibility index (Phi) is 7.58. The lowest BCUT2D eigenvalue weighted by Gasteiger charge is -2.25. The Bertz CT molecular complexity index is 1390. The normalized spacial score (nSPS) is 11.4. The van der Waals surface area contributed by atoms with E-state index >= 15 is 4.39 Å². The van der Waals surface area contributed by atoms with Crippen molar-refractivity contribution in [3.05, 3.63) is 102 Å². The second-order valence-corrected chi connectivity index (χ2v) is 8.28. The molecule has 0 fully saturated rings. The molecule has 0 radical (unpaired) electrons. The standard InChI is InChI=1S/C27H25F4N5O/c1-2-14-35(19-9-4-3-5-10-19)22-13-7-12-21(25(22)28)33-26(37)23-16-24(27(29,30)31)34-36(23)20-11-6-8-18(15-20)17-32/h3-13,15-16H,2,14,17,32H2,1H3,(H,33,37). The van der Waals surface area contributed by atoms with Crippen LogP contribution in [0, 0.1) is 5.82 Å². The van der Waals surface area contributed by atoms with Gasteiger partial charge in [0.05, 0.1) is 17.1 Å². The number of anilines is 3. The van der Waals surface area contributed by atoms with Crippen LogP contribution in [0.5, 0.6) is 0 Å². The molecule has 6 nitrogen and oxygen atoms in total. The van der Waals surface area contributed by atoms with Crippen molar-refractivity contribution < 1.29 is 22.4 Å². The zero-order valence-electron chi connectivity index (χ0n) is 20.0. The molecular formula is C27H25F4N5O. The lowest BCUT2D eigenvalue weighted by molar-refractivity contribution is -0.141. The van der Waals surface area contributed by atoms with E-state index in [4.69, 9.17) is 5.73 Å². The smallest absolute Gasteiger partial charge is 0.339 e. The minimum Gasteiger partial charge on any atom is -0.339 e. The summed E-state index contributed by atoms with van der Waals surface area (Å²) in [5.74, 6) is -1.65. The molecule has 0 aliphatic rings. The fraction of sp³-hybridized carbons (Fsp3) is 0.185. The summed E-state index contributed by atoms with van der Waals surface area (Å²) in [5.41, 5.74) is 5.69. The van der Waals surface area contributed by atoms with Crippen LogP contribution in [0.1, 0.15) is 35.1 Å². The minimum absolute atomic E-state index is 0.149. The van der Waals surface area contributed by atoms with Gasteiger partial charge in [0.15, 0.2) is 11.5 Å². The van der Waals surface area contributed by atoms with Crippen molar-refractivity contribution in [2.75, 3.05) is 16.8 Å². The van der Waals surface area contributed by atoms with Crippen LogP contribution in [-0.4, -0.2) is 22.2 Å². The molecule has 4 aromatic rings. The summed E-state index contributed by atoms with van der Waals surface area (Å²) >= 11 is 0. The van der Waals surface area contributed by atoms with Gasteiger partial charge >= 0.3 is 6.18 Å². The van der Waals surface area contributed by atoms with Gasteiger partial charge in [0.25, 0.3) is 5.91 Å². The van der Waals surface area contributed by atoms with Gasteiger partial charge in [0.2, 0.25) is 0 Å². The number of nitrogens with zero attached hydrogens (tertiary/aromatic N) is 3. The van der Waals surface area contributed by atoms with E-state index in [9.17, 15) is 18.0 Å². The number of carbonyl (C=O) groups is 1. The Morgan fingerprint density at radius 3 is 2.43 bits per heavy atom. The first kappa shape index (κ1) is 25.9. The summed E-state index contributed by atoms with van der Waals surface area (Å²) in [7, 11) is 0. The molecule has 0 aliphatic heterocycles. The predicted molar refractivity (Wildman–Crippen MR) is 135 cm³/mol. The summed E-state index contributed by atoms with van der Waals surface area (Å²) in [4.78, 5) is 15.0. The number of nitrogens with one attached hydrogen (secondary N) is 1. The topological polar surface area (TPSA) is 76.2 Å². The highest BCUT2D eigenvalue weighted by atomic mass is 19.4. The van der Waals surface area contributed by atoms with Crippen molar-refractivity contribution in [1.82, 2.24) is 9.78 Å². The van der Waals surface area contributed by atoms with Gasteiger partial charge in [-0.15, -0.1) is 0 Å². The van der Waals surface area contributed by atoms with Crippen molar-refractivity contribution in [2.45, 2.75) is 26.1 Å². The van der Waals surface area contributed by atoms with Crippen LogP contribution >= 0.6 is 0 Å². The first-order chi connectivity index (χ1) is 17.7. The number of hydrogen-bond donors (Lipinski definition) is 2. The zero-order valence-corrected chi connectivity index (χ0v) is 20.0. The molecule has 3 aromatic carbocycles. The van der Waals surface area contributed by atoms with Crippen LogP contribution in [0.2, 0.25) is 0 Å². The van der Waals surface area contributed by atoms with Crippen LogP contribution in [0.3, 0.4) is 0 Å².